The largest absolute Gasteiger partial charge is 0.367 e. The standard InChI is InChI=1S/C11H16N2OS/c1-8-7-9(15)13-10(12-8)11(2)5-3-4-6-14-11/h7H,3-6H2,1-2H3,(H,12,13,15). The third kappa shape index (κ3) is 2.26. The van der Waals surface area contributed by atoms with Crippen molar-refractivity contribution in [3.05, 3.63) is 22.2 Å². The van der Waals surface area contributed by atoms with Crippen molar-refractivity contribution in [1.29, 1.82) is 0 Å². The van der Waals surface area contributed by atoms with Crippen LogP contribution in [0.5, 0.6) is 0 Å². The van der Waals surface area contributed by atoms with Crippen molar-refractivity contribution in [2.45, 2.75) is 38.7 Å². The number of rotatable bonds is 1. The smallest absolute Gasteiger partial charge is 0.140 e. The van der Waals surface area contributed by atoms with Crippen LogP contribution in [-0.4, -0.2) is 16.6 Å². The van der Waals surface area contributed by atoms with Gasteiger partial charge in [-0.05, 0) is 39.2 Å². The maximum atomic E-state index is 5.82. The Hall–Kier alpha value is -0.740. The Bertz CT molecular complexity index is 407. The molecule has 0 spiro atoms. The molecule has 1 aromatic rings. The zero-order valence-electron chi connectivity index (χ0n) is 9.17. The van der Waals surface area contributed by atoms with Gasteiger partial charge in [-0.15, -0.1) is 0 Å². The second kappa shape index (κ2) is 4.02. The maximum Gasteiger partial charge on any atom is 0.140 e. The second-order valence-electron chi connectivity index (χ2n) is 4.29. The van der Waals surface area contributed by atoms with Crippen LogP contribution in [0.4, 0.5) is 0 Å². The molecule has 0 radical (unpaired) electrons. The number of hydrogen-bond donors (Lipinski definition) is 1. The highest BCUT2D eigenvalue weighted by Crippen LogP contribution is 2.32. The predicted octanol–water partition coefficient (Wildman–Crippen LogP) is 2.86. The molecule has 1 aromatic heterocycles. The Morgan fingerprint density at radius 3 is 2.93 bits per heavy atom. The van der Waals surface area contributed by atoms with Gasteiger partial charge in [0.05, 0.1) is 0 Å². The van der Waals surface area contributed by atoms with Crippen LogP contribution in [0, 0.1) is 11.6 Å². The van der Waals surface area contributed by atoms with Gasteiger partial charge in [-0.3, -0.25) is 0 Å². The fourth-order valence-corrected chi connectivity index (χ4v) is 2.22. The zero-order valence-corrected chi connectivity index (χ0v) is 9.99. The minimum atomic E-state index is -0.280. The first kappa shape index (κ1) is 10.8. The molecule has 15 heavy (non-hydrogen) atoms. The average Bonchev–Trinajstić information content (AvgIpc) is 2.17. The maximum absolute atomic E-state index is 5.82. The van der Waals surface area contributed by atoms with Crippen LogP contribution in [0.15, 0.2) is 6.07 Å². The lowest BCUT2D eigenvalue weighted by atomic mass is 9.95. The van der Waals surface area contributed by atoms with E-state index in [2.05, 4.69) is 16.9 Å². The summed E-state index contributed by atoms with van der Waals surface area (Å²) in [7, 11) is 0. The van der Waals surface area contributed by atoms with Gasteiger partial charge in [-0.25, -0.2) is 4.98 Å². The number of ether oxygens (including phenoxy) is 1. The van der Waals surface area contributed by atoms with E-state index in [1.165, 1.54) is 6.42 Å². The number of aromatic nitrogens is 2. The number of aromatic amines is 1. The molecule has 1 fully saturated rings. The molecule has 1 saturated heterocycles. The van der Waals surface area contributed by atoms with E-state index < -0.39 is 0 Å². The Balaban J connectivity index is 2.38. The molecule has 0 saturated carbocycles. The predicted molar refractivity (Wildman–Crippen MR) is 61.3 cm³/mol. The van der Waals surface area contributed by atoms with Crippen molar-refractivity contribution >= 4 is 12.2 Å². The van der Waals surface area contributed by atoms with E-state index in [0.29, 0.717) is 4.64 Å². The van der Waals surface area contributed by atoms with Gasteiger partial charge in [0.25, 0.3) is 0 Å². The van der Waals surface area contributed by atoms with Crippen LogP contribution in [0.1, 0.15) is 37.7 Å². The number of hydrogen-bond acceptors (Lipinski definition) is 3. The normalized spacial score (nSPS) is 26.5. The molecule has 1 unspecified atom stereocenters. The van der Waals surface area contributed by atoms with E-state index in [1.807, 2.05) is 13.0 Å². The fraction of sp³-hybridized carbons (Fsp3) is 0.636. The summed E-state index contributed by atoms with van der Waals surface area (Å²) >= 11 is 5.12. The first-order chi connectivity index (χ1) is 7.10. The molecule has 2 heterocycles. The van der Waals surface area contributed by atoms with Crippen LogP contribution in [-0.2, 0) is 10.3 Å². The fourth-order valence-electron chi connectivity index (χ4n) is 1.95. The van der Waals surface area contributed by atoms with Gasteiger partial charge in [0.15, 0.2) is 0 Å². The van der Waals surface area contributed by atoms with Crippen molar-refractivity contribution in [2.75, 3.05) is 6.61 Å². The van der Waals surface area contributed by atoms with Crippen LogP contribution in [0.3, 0.4) is 0 Å². The molecule has 82 valence electrons. The molecule has 1 N–H and O–H groups in total. The summed E-state index contributed by atoms with van der Waals surface area (Å²) in [6.45, 7) is 4.89. The topological polar surface area (TPSA) is 37.9 Å². The van der Waals surface area contributed by atoms with Crippen molar-refractivity contribution in [2.24, 2.45) is 0 Å². The average molecular weight is 224 g/mol. The summed E-state index contributed by atoms with van der Waals surface area (Å²) in [5.74, 6) is 0.868. The molecular weight excluding hydrogens is 208 g/mol. The van der Waals surface area contributed by atoms with Gasteiger partial charge in [-0.1, -0.05) is 12.2 Å². The minimum Gasteiger partial charge on any atom is -0.367 e. The molecule has 3 nitrogen and oxygen atoms in total. The Kier molecular flexibility index (Phi) is 2.89. The number of aryl methyl sites for hydroxylation is 1. The summed E-state index contributed by atoms with van der Waals surface area (Å²) in [6.07, 6.45) is 3.34. The SMILES string of the molecule is Cc1cc(=S)nc(C2(C)CCCCO2)[nH]1. The van der Waals surface area contributed by atoms with Gasteiger partial charge in [0.2, 0.25) is 0 Å². The monoisotopic (exact) mass is 224 g/mol. The van der Waals surface area contributed by atoms with Gasteiger partial charge < -0.3 is 9.72 Å². The lowest BCUT2D eigenvalue weighted by molar-refractivity contribution is -0.0762. The first-order valence-electron chi connectivity index (χ1n) is 5.33. The highest BCUT2D eigenvalue weighted by atomic mass is 32.1. The summed E-state index contributed by atoms with van der Waals surface area (Å²) < 4.78 is 6.46. The Morgan fingerprint density at radius 1 is 1.53 bits per heavy atom. The van der Waals surface area contributed by atoms with E-state index in [-0.39, 0.29) is 5.60 Å². The molecule has 0 aliphatic carbocycles. The van der Waals surface area contributed by atoms with Crippen molar-refractivity contribution in [3.63, 3.8) is 0 Å². The minimum absolute atomic E-state index is 0.280. The highest BCUT2D eigenvalue weighted by Gasteiger charge is 2.32. The Morgan fingerprint density at radius 2 is 2.33 bits per heavy atom. The summed E-state index contributed by atoms with van der Waals surface area (Å²) in [5, 5.41) is 0. The van der Waals surface area contributed by atoms with E-state index in [4.69, 9.17) is 17.0 Å². The highest BCUT2D eigenvalue weighted by molar-refractivity contribution is 7.71. The third-order valence-electron chi connectivity index (χ3n) is 2.85. The number of nitrogens with one attached hydrogen (secondary N) is 1. The van der Waals surface area contributed by atoms with Crippen LogP contribution in [0.25, 0.3) is 0 Å². The number of H-pyrrole nitrogens is 1. The molecule has 1 atom stereocenters. The molecule has 4 heteroatoms. The van der Waals surface area contributed by atoms with Gasteiger partial charge in [0, 0.05) is 12.3 Å². The second-order valence-corrected chi connectivity index (χ2v) is 4.71. The summed E-state index contributed by atoms with van der Waals surface area (Å²) in [5.41, 5.74) is 0.762. The van der Waals surface area contributed by atoms with E-state index in [0.717, 1.165) is 31.0 Å². The van der Waals surface area contributed by atoms with Crippen molar-refractivity contribution < 1.29 is 4.74 Å². The van der Waals surface area contributed by atoms with Gasteiger partial charge in [-0.2, -0.15) is 0 Å². The van der Waals surface area contributed by atoms with E-state index in [9.17, 15) is 0 Å². The van der Waals surface area contributed by atoms with E-state index in [1.54, 1.807) is 0 Å². The Labute approximate surface area is 94.9 Å². The first-order valence-corrected chi connectivity index (χ1v) is 5.73. The number of nitrogens with zero attached hydrogens (tertiary/aromatic N) is 1. The lowest BCUT2D eigenvalue weighted by Crippen LogP contribution is -2.32. The van der Waals surface area contributed by atoms with Crippen LogP contribution >= 0.6 is 12.2 Å². The van der Waals surface area contributed by atoms with Crippen molar-refractivity contribution in [1.82, 2.24) is 9.97 Å². The molecule has 1 aliphatic heterocycles. The zero-order chi connectivity index (χ0) is 10.9. The molecule has 0 aromatic carbocycles. The van der Waals surface area contributed by atoms with E-state index >= 15 is 0 Å². The molecule has 0 amide bonds. The molecule has 0 bridgehead atoms. The quantitative estimate of drug-likeness (QED) is 0.745. The summed E-state index contributed by atoms with van der Waals surface area (Å²) in [6, 6.07) is 1.87. The summed E-state index contributed by atoms with van der Waals surface area (Å²) in [4.78, 5) is 7.62. The van der Waals surface area contributed by atoms with Gasteiger partial charge >= 0.3 is 0 Å². The van der Waals surface area contributed by atoms with Gasteiger partial charge in [0.1, 0.15) is 16.1 Å². The van der Waals surface area contributed by atoms with Crippen molar-refractivity contribution in [3.8, 4) is 0 Å². The van der Waals surface area contributed by atoms with Crippen LogP contribution in [0.2, 0.25) is 0 Å². The molecular formula is C11H16N2OS. The third-order valence-corrected chi connectivity index (χ3v) is 3.06. The molecule has 1 aliphatic rings. The lowest BCUT2D eigenvalue weighted by Gasteiger charge is -2.32. The van der Waals surface area contributed by atoms with Crippen LogP contribution < -0.4 is 0 Å². The molecule has 2 rings (SSSR count).